The van der Waals surface area contributed by atoms with Crippen LogP contribution >= 0.6 is 23.2 Å². The van der Waals surface area contributed by atoms with Crippen LogP contribution in [0.1, 0.15) is 6.92 Å². The highest BCUT2D eigenvalue weighted by Gasteiger charge is 2.20. The van der Waals surface area contributed by atoms with Crippen LogP contribution in [0.3, 0.4) is 0 Å². The number of carbonyl (C=O) groups excluding carboxylic acids is 1. The molecule has 0 heterocycles. The van der Waals surface area contributed by atoms with Crippen LogP contribution in [-0.2, 0) is 14.8 Å². The molecule has 0 radical (unpaired) electrons. The van der Waals surface area contributed by atoms with Crippen molar-refractivity contribution < 1.29 is 13.2 Å². The first-order chi connectivity index (χ1) is 8.73. The lowest BCUT2D eigenvalue weighted by atomic mass is 10.3. The van der Waals surface area contributed by atoms with Crippen molar-refractivity contribution >= 4 is 44.8 Å². The van der Waals surface area contributed by atoms with Gasteiger partial charge in [-0.15, -0.1) is 0 Å². The molecule has 0 saturated heterocycles. The van der Waals surface area contributed by atoms with Crippen LogP contribution in [0.2, 0.25) is 10.0 Å². The first kappa shape index (κ1) is 16.1. The summed E-state index contributed by atoms with van der Waals surface area (Å²) >= 11 is 11.9. The van der Waals surface area contributed by atoms with Gasteiger partial charge < -0.3 is 5.32 Å². The Kier molecular flexibility index (Phi) is 5.46. The fraction of sp³-hybridized carbons (Fsp3) is 0.364. The largest absolute Gasteiger partial charge is 0.355 e. The molecular weight excluding hydrogens is 311 g/mol. The third-order valence-corrected chi connectivity index (χ3v) is 4.28. The second-order valence-electron chi connectivity index (χ2n) is 3.89. The molecule has 8 heteroatoms. The number of benzene rings is 1. The Morgan fingerprint density at radius 1 is 1.37 bits per heavy atom. The van der Waals surface area contributed by atoms with E-state index in [2.05, 4.69) is 5.32 Å². The molecule has 1 aromatic carbocycles. The predicted molar refractivity (Wildman–Crippen MR) is 77.3 cm³/mol. The number of hydrogen-bond acceptors (Lipinski definition) is 3. The molecule has 0 saturated carbocycles. The van der Waals surface area contributed by atoms with Crippen molar-refractivity contribution in [3.63, 3.8) is 0 Å². The van der Waals surface area contributed by atoms with Crippen molar-refractivity contribution in [2.24, 2.45) is 0 Å². The van der Waals surface area contributed by atoms with Gasteiger partial charge in [-0.25, -0.2) is 8.42 Å². The van der Waals surface area contributed by atoms with Gasteiger partial charge in [0.2, 0.25) is 15.9 Å². The predicted octanol–water partition coefficient (Wildman–Crippen LogP) is 1.90. The van der Waals surface area contributed by atoms with E-state index in [1.807, 2.05) is 0 Å². The summed E-state index contributed by atoms with van der Waals surface area (Å²) < 4.78 is 24.7. The highest BCUT2D eigenvalue weighted by Crippen LogP contribution is 2.33. The lowest BCUT2D eigenvalue weighted by molar-refractivity contribution is -0.118. The van der Waals surface area contributed by atoms with E-state index >= 15 is 0 Å². The van der Waals surface area contributed by atoms with Crippen LogP contribution in [0.4, 0.5) is 5.69 Å². The number of nitrogens with zero attached hydrogens (tertiary/aromatic N) is 1. The molecular formula is C11H14Cl2N2O3S. The number of rotatable bonds is 5. The summed E-state index contributed by atoms with van der Waals surface area (Å²) in [5, 5.41) is 2.97. The van der Waals surface area contributed by atoms with Crippen LogP contribution in [0.25, 0.3) is 0 Å². The number of hydrogen-bond donors (Lipinski definition) is 1. The summed E-state index contributed by atoms with van der Waals surface area (Å²) in [5.74, 6) is -0.231. The number of nitrogens with one attached hydrogen (secondary N) is 1. The molecule has 0 unspecified atom stereocenters. The molecule has 0 aliphatic rings. The van der Waals surface area contributed by atoms with Gasteiger partial charge in [-0.05, 0) is 12.1 Å². The van der Waals surface area contributed by atoms with Gasteiger partial charge in [0.15, 0.2) is 0 Å². The Balaban J connectivity index is 3.04. The minimum Gasteiger partial charge on any atom is -0.355 e. The summed E-state index contributed by atoms with van der Waals surface area (Å²) in [6.07, 6.45) is 1.07. The average molecular weight is 325 g/mol. The average Bonchev–Trinajstić information content (AvgIpc) is 2.27. The number of halogens is 2. The van der Waals surface area contributed by atoms with Gasteiger partial charge in [0.25, 0.3) is 0 Å². The molecule has 0 fully saturated rings. The Bertz CT molecular complexity index is 575. The Morgan fingerprint density at radius 3 is 2.53 bits per heavy atom. The molecule has 0 aromatic heterocycles. The molecule has 0 spiro atoms. The third-order valence-electron chi connectivity index (χ3n) is 2.29. The maximum Gasteiger partial charge on any atom is 0.232 e. The summed E-state index contributed by atoms with van der Waals surface area (Å²) in [4.78, 5) is 10.8. The Hall–Kier alpha value is -0.980. The minimum atomic E-state index is -3.52. The van der Waals surface area contributed by atoms with E-state index in [-0.39, 0.29) is 29.0 Å². The van der Waals surface area contributed by atoms with Crippen LogP contribution in [0, 0.1) is 0 Å². The molecule has 1 amide bonds. The van der Waals surface area contributed by atoms with E-state index in [4.69, 9.17) is 23.2 Å². The molecule has 5 nitrogen and oxygen atoms in total. The van der Waals surface area contributed by atoms with Crippen LogP contribution in [0.5, 0.6) is 0 Å². The zero-order chi connectivity index (χ0) is 14.6. The lowest BCUT2D eigenvalue weighted by Crippen LogP contribution is -2.37. The summed E-state index contributed by atoms with van der Waals surface area (Å²) in [7, 11) is -3.52. The van der Waals surface area contributed by atoms with Gasteiger partial charge in [-0.1, -0.05) is 29.3 Å². The first-order valence-electron chi connectivity index (χ1n) is 5.39. The van der Waals surface area contributed by atoms with Crippen molar-refractivity contribution in [3.05, 3.63) is 28.2 Å². The van der Waals surface area contributed by atoms with Crippen LogP contribution in [0.15, 0.2) is 18.2 Å². The van der Waals surface area contributed by atoms with E-state index in [0.717, 1.165) is 10.6 Å². The smallest absolute Gasteiger partial charge is 0.232 e. The van der Waals surface area contributed by atoms with E-state index < -0.39 is 10.0 Å². The quantitative estimate of drug-likeness (QED) is 0.899. The van der Waals surface area contributed by atoms with Crippen molar-refractivity contribution in [3.8, 4) is 0 Å². The minimum absolute atomic E-state index is 0.0818. The Morgan fingerprint density at radius 2 is 2.00 bits per heavy atom. The van der Waals surface area contributed by atoms with Gasteiger partial charge in [-0.3, -0.25) is 9.10 Å². The van der Waals surface area contributed by atoms with Gasteiger partial charge >= 0.3 is 0 Å². The molecule has 106 valence electrons. The number of sulfonamides is 1. The van der Waals surface area contributed by atoms with E-state index in [1.54, 1.807) is 18.2 Å². The highest BCUT2D eigenvalue weighted by molar-refractivity contribution is 7.92. The second kappa shape index (κ2) is 6.45. The maximum atomic E-state index is 11.8. The molecule has 1 aromatic rings. The fourth-order valence-electron chi connectivity index (χ4n) is 1.48. The molecule has 0 atom stereocenters. The maximum absolute atomic E-state index is 11.8. The summed E-state index contributed by atoms with van der Waals surface area (Å²) in [6, 6.07) is 4.74. The highest BCUT2D eigenvalue weighted by atomic mass is 35.5. The number of carbonyl (C=O) groups is 1. The van der Waals surface area contributed by atoms with Crippen molar-refractivity contribution in [2.45, 2.75) is 6.92 Å². The van der Waals surface area contributed by atoms with Crippen LogP contribution in [-0.4, -0.2) is 33.7 Å². The molecule has 0 aliphatic carbocycles. The summed E-state index contributed by atoms with van der Waals surface area (Å²) in [6.45, 7) is 1.63. The van der Waals surface area contributed by atoms with Crippen molar-refractivity contribution in [1.82, 2.24) is 5.32 Å². The van der Waals surface area contributed by atoms with Crippen molar-refractivity contribution in [1.29, 1.82) is 0 Å². The van der Waals surface area contributed by atoms with Gasteiger partial charge in [0.1, 0.15) is 0 Å². The topological polar surface area (TPSA) is 66.5 Å². The zero-order valence-corrected chi connectivity index (χ0v) is 12.8. The normalized spacial score (nSPS) is 11.2. The Labute approximate surface area is 122 Å². The monoisotopic (exact) mass is 324 g/mol. The first-order valence-corrected chi connectivity index (χ1v) is 8.00. The van der Waals surface area contributed by atoms with Gasteiger partial charge in [0, 0.05) is 13.5 Å². The van der Waals surface area contributed by atoms with Crippen LogP contribution < -0.4 is 9.62 Å². The molecule has 0 bridgehead atoms. The van der Waals surface area contributed by atoms with E-state index in [1.165, 1.54) is 6.92 Å². The molecule has 0 aliphatic heterocycles. The number of amides is 1. The number of anilines is 1. The van der Waals surface area contributed by atoms with Gasteiger partial charge in [-0.2, -0.15) is 0 Å². The second-order valence-corrected chi connectivity index (χ2v) is 6.58. The van der Waals surface area contributed by atoms with E-state index in [9.17, 15) is 13.2 Å². The van der Waals surface area contributed by atoms with Gasteiger partial charge in [0.05, 0.1) is 28.5 Å². The fourth-order valence-corrected chi connectivity index (χ4v) is 2.86. The third kappa shape index (κ3) is 4.56. The lowest BCUT2D eigenvalue weighted by Gasteiger charge is -2.23. The van der Waals surface area contributed by atoms with E-state index in [0.29, 0.717) is 5.69 Å². The molecule has 19 heavy (non-hydrogen) atoms. The molecule has 1 N–H and O–H groups in total. The SMILES string of the molecule is CC(=O)NCCN(c1cccc(Cl)c1Cl)S(C)(=O)=O. The van der Waals surface area contributed by atoms with Crippen molar-refractivity contribution in [2.75, 3.05) is 23.7 Å². The standard InChI is InChI=1S/C11H14Cl2N2O3S/c1-8(16)14-6-7-15(19(2,17)18)10-5-3-4-9(12)11(10)13/h3-5H,6-7H2,1-2H3,(H,14,16). The molecule has 1 rings (SSSR count). The zero-order valence-electron chi connectivity index (χ0n) is 10.5. The summed E-state index contributed by atoms with van der Waals surface area (Å²) in [5.41, 5.74) is 0.294.